The number of rotatable bonds is 7. The maximum absolute atomic E-state index is 11.9. The number of hydrazone groups is 1. The fourth-order valence-corrected chi connectivity index (χ4v) is 3.36. The Morgan fingerprint density at radius 1 is 1.11 bits per heavy atom. The van der Waals surface area contributed by atoms with Crippen LogP contribution in [0.25, 0.3) is 10.4 Å². The van der Waals surface area contributed by atoms with Crippen molar-refractivity contribution in [1.82, 2.24) is 5.43 Å². The molecule has 1 heterocycles. The van der Waals surface area contributed by atoms with E-state index in [9.17, 15) is 9.90 Å². The number of phenols is 1. The van der Waals surface area contributed by atoms with Crippen molar-refractivity contribution in [3.8, 4) is 21.9 Å². The van der Waals surface area contributed by atoms with Crippen molar-refractivity contribution in [3.05, 3.63) is 71.1 Å². The van der Waals surface area contributed by atoms with Crippen molar-refractivity contribution in [2.75, 3.05) is 7.11 Å². The minimum absolute atomic E-state index is 0.147. The van der Waals surface area contributed by atoms with E-state index in [2.05, 4.69) is 10.5 Å². The predicted octanol–water partition coefficient (Wildman–Crippen LogP) is 4.21. The maximum Gasteiger partial charge on any atom is 0.240 e. The number of aryl methyl sites for hydroxylation is 1. The number of thiophene rings is 1. The van der Waals surface area contributed by atoms with Gasteiger partial charge in [-0.1, -0.05) is 12.1 Å². The molecule has 138 valence electrons. The van der Waals surface area contributed by atoms with Gasteiger partial charge in [0, 0.05) is 16.2 Å². The van der Waals surface area contributed by atoms with Gasteiger partial charge in [-0.3, -0.25) is 4.79 Å². The van der Waals surface area contributed by atoms with Gasteiger partial charge >= 0.3 is 0 Å². The van der Waals surface area contributed by atoms with Crippen molar-refractivity contribution < 1.29 is 14.6 Å². The van der Waals surface area contributed by atoms with Gasteiger partial charge in [0.25, 0.3) is 0 Å². The highest BCUT2D eigenvalue weighted by atomic mass is 32.1. The second-order valence-corrected chi connectivity index (χ2v) is 7.01. The first-order valence-corrected chi connectivity index (χ1v) is 9.30. The first-order valence-electron chi connectivity index (χ1n) is 8.48. The van der Waals surface area contributed by atoms with Gasteiger partial charge < -0.3 is 9.84 Å². The van der Waals surface area contributed by atoms with Crippen molar-refractivity contribution in [1.29, 1.82) is 0 Å². The second kappa shape index (κ2) is 9.00. The monoisotopic (exact) mass is 380 g/mol. The van der Waals surface area contributed by atoms with Crippen LogP contribution in [0.1, 0.15) is 16.9 Å². The zero-order chi connectivity index (χ0) is 19.1. The Morgan fingerprint density at radius 3 is 2.56 bits per heavy atom. The van der Waals surface area contributed by atoms with Crippen LogP contribution in [0.5, 0.6) is 11.5 Å². The zero-order valence-electron chi connectivity index (χ0n) is 14.9. The molecule has 3 rings (SSSR count). The molecule has 3 aromatic rings. The summed E-state index contributed by atoms with van der Waals surface area (Å²) in [5, 5.41) is 13.3. The Hall–Kier alpha value is -3.12. The highest BCUT2D eigenvalue weighted by Gasteiger charge is 2.03. The summed E-state index contributed by atoms with van der Waals surface area (Å²) >= 11 is 1.60. The molecule has 0 aliphatic rings. The Labute approximate surface area is 161 Å². The first kappa shape index (κ1) is 18.7. The van der Waals surface area contributed by atoms with Gasteiger partial charge in [0.1, 0.15) is 11.5 Å². The van der Waals surface area contributed by atoms with E-state index in [1.807, 2.05) is 36.4 Å². The summed E-state index contributed by atoms with van der Waals surface area (Å²) in [4.78, 5) is 14.0. The molecule has 0 spiro atoms. The Morgan fingerprint density at radius 2 is 1.85 bits per heavy atom. The smallest absolute Gasteiger partial charge is 0.240 e. The Bertz CT molecular complexity index is 915. The van der Waals surface area contributed by atoms with Crippen molar-refractivity contribution in [2.45, 2.75) is 12.8 Å². The van der Waals surface area contributed by atoms with Crippen molar-refractivity contribution >= 4 is 23.5 Å². The topological polar surface area (TPSA) is 70.9 Å². The number of carbonyl (C=O) groups is 1. The summed E-state index contributed by atoms with van der Waals surface area (Å²) in [6.45, 7) is 0. The van der Waals surface area contributed by atoms with Crippen LogP contribution in [0.3, 0.4) is 0 Å². The number of carbonyl (C=O) groups excluding carboxylic acids is 1. The third-order valence-electron chi connectivity index (χ3n) is 3.96. The van der Waals surface area contributed by atoms with E-state index < -0.39 is 0 Å². The van der Waals surface area contributed by atoms with Gasteiger partial charge in [0.15, 0.2) is 0 Å². The van der Waals surface area contributed by atoms with Crippen LogP contribution in [0.2, 0.25) is 0 Å². The number of phenolic OH excluding ortho intramolecular Hbond substituents is 1. The average molecular weight is 380 g/mol. The first-order chi connectivity index (χ1) is 13.1. The van der Waals surface area contributed by atoms with E-state index in [1.54, 1.807) is 48.9 Å². The molecule has 27 heavy (non-hydrogen) atoms. The maximum atomic E-state index is 11.9. The van der Waals surface area contributed by atoms with Crippen LogP contribution in [-0.2, 0) is 11.2 Å². The highest BCUT2D eigenvalue weighted by Crippen LogP contribution is 2.28. The molecule has 0 atom stereocenters. The van der Waals surface area contributed by atoms with E-state index in [0.717, 1.165) is 26.6 Å². The normalized spacial score (nSPS) is 10.9. The van der Waals surface area contributed by atoms with Crippen LogP contribution in [-0.4, -0.2) is 24.3 Å². The minimum Gasteiger partial charge on any atom is -0.508 e. The summed E-state index contributed by atoms with van der Waals surface area (Å²) < 4.78 is 5.17. The quantitative estimate of drug-likeness (QED) is 0.476. The number of amides is 1. The lowest BCUT2D eigenvalue weighted by atomic mass is 10.1. The molecule has 0 fully saturated rings. The lowest BCUT2D eigenvalue weighted by molar-refractivity contribution is -0.121. The average Bonchev–Trinajstić information content (AvgIpc) is 3.16. The summed E-state index contributed by atoms with van der Waals surface area (Å²) in [7, 11) is 1.65. The number of hydrogen-bond acceptors (Lipinski definition) is 5. The van der Waals surface area contributed by atoms with E-state index in [-0.39, 0.29) is 11.7 Å². The number of ether oxygens (including phenoxy) is 1. The minimum atomic E-state index is -0.147. The number of nitrogens with one attached hydrogen (secondary N) is 1. The van der Waals surface area contributed by atoms with Gasteiger partial charge in [0.05, 0.1) is 13.3 Å². The number of methoxy groups -OCH3 is 1. The van der Waals surface area contributed by atoms with E-state index in [1.165, 1.54) is 0 Å². The van der Waals surface area contributed by atoms with Crippen LogP contribution in [0, 0.1) is 0 Å². The number of benzene rings is 2. The molecule has 0 saturated carbocycles. The standard InChI is InChI=1S/C21H20N2O3S/c1-26-18-9-5-16(6-10-18)20-12-11-19(27-20)14-22-23-21(25)13-4-15-2-7-17(24)8-3-15/h2-3,5-12,14,24H,4,13H2,1H3,(H,23,25)/b22-14-. The van der Waals surface area contributed by atoms with Crippen molar-refractivity contribution in [2.24, 2.45) is 5.10 Å². The number of nitrogens with zero attached hydrogens (tertiary/aromatic N) is 1. The molecule has 0 unspecified atom stereocenters. The third-order valence-corrected chi connectivity index (χ3v) is 5.03. The molecule has 2 aromatic carbocycles. The van der Waals surface area contributed by atoms with E-state index in [4.69, 9.17) is 4.74 Å². The highest BCUT2D eigenvalue weighted by molar-refractivity contribution is 7.17. The van der Waals surface area contributed by atoms with Crippen LogP contribution in [0.15, 0.2) is 65.8 Å². The van der Waals surface area contributed by atoms with E-state index in [0.29, 0.717) is 12.8 Å². The lowest BCUT2D eigenvalue weighted by Crippen LogP contribution is -2.17. The van der Waals surface area contributed by atoms with Gasteiger partial charge in [-0.25, -0.2) is 5.43 Å². The lowest BCUT2D eigenvalue weighted by Gasteiger charge is -2.01. The molecular weight excluding hydrogens is 360 g/mol. The van der Waals surface area contributed by atoms with Gasteiger partial charge in [-0.2, -0.15) is 5.10 Å². The van der Waals surface area contributed by atoms with Gasteiger partial charge in [-0.15, -0.1) is 11.3 Å². The van der Waals surface area contributed by atoms with Gasteiger partial charge in [-0.05, 0) is 66.1 Å². The molecule has 0 aliphatic carbocycles. The molecule has 0 aliphatic heterocycles. The number of hydrogen-bond donors (Lipinski definition) is 2. The molecule has 0 radical (unpaired) electrons. The molecule has 1 aromatic heterocycles. The Kier molecular flexibility index (Phi) is 6.22. The Balaban J connectivity index is 1.50. The molecular formula is C21H20N2O3S. The van der Waals surface area contributed by atoms with Crippen LogP contribution in [0.4, 0.5) is 0 Å². The van der Waals surface area contributed by atoms with E-state index >= 15 is 0 Å². The van der Waals surface area contributed by atoms with Gasteiger partial charge in [0.2, 0.25) is 5.91 Å². The number of aromatic hydroxyl groups is 1. The zero-order valence-corrected chi connectivity index (χ0v) is 15.7. The summed E-state index contributed by atoms with van der Waals surface area (Å²) in [5.41, 5.74) is 4.65. The van der Waals surface area contributed by atoms with Crippen LogP contribution < -0.4 is 10.2 Å². The fraction of sp³-hybridized carbons (Fsp3) is 0.143. The summed E-state index contributed by atoms with van der Waals surface area (Å²) in [6, 6.07) is 18.7. The fourth-order valence-electron chi connectivity index (χ4n) is 2.48. The summed E-state index contributed by atoms with van der Waals surface area (Å²) in [5.74, 6) is 0.899. The third kappa shape index (κ3) is 5.43. The predicted molar refractivity (Wildman–Crippen MR) is 108 cm³/mol. The second-order valence-electron chi connectivity index (χ2n) is 5.89. The van der Waals surface area contributed by atoms with Crippen molar-refractivity contribution in [3.63, 3.8) is 0 Å². The largest absolute Gasteiger partial charge is 0.508 e. The summed E-state index contributed by atoms with van der Waals surface area (Å²) in [6.07, 6.45) is 2.59. The SMILES string of the molecule is COc1ccc(-c2ccc(/C=N\NC(=O)CCc3ccc(O)cc3)s2)cc1. The molecule has 2 N–H and O–H groups in total. The molecule has 0 bridgehead atoms. The van der Waals surface area contributed by atoms with Crippen LogP contribution >= 0.6 is 11.3 Å². The molecule has 6 heteroatoms. The molecule has 5 nitrogen and oxygen atoms in total. The molecule has 1 amide bonds. The molecule has 0 saturated heterocycles.